The highest BCUT2D eigenvalue weighted by Crippen LogP contribution is 2.20. The zero-order chi connectivity index (χ0) is 16.5. The number of aliphatic imine (C=N–C) groups is 1. The zero-order valence-corrected chi connectivity index (χ0v) is 18.4. The molecule has 0 spiro atoms. The van der Waals surface area contributed by atoms with Gasteiger partial charge in [-0.3, -0.25) is 9.89 Å². The van der Waals surface area contributed by atoms with Gasteiger partial charge in [-0.15, -0.1) is 35.3 Å². The summed E-state index contributed by atoms with van der Waals surface area (Å²) >= 11 is 1.87. The van der Waals surface area contributed by atoms with E-state index in [1.54, 1.807) is 0 Å². The van der Waals surface area contributed by atoms with Crippen molar-refractivity contribution >= 4 is 41.3 Å². The lowest BCUT2D eigenvalue weighted by Gasteiger charge is -2.32. The van der Waals surface area contributed by atoms with Gasteiger partial charge in [0.15, 0.2) is 5.96 Å². The molecule has 1 aliphatic rings. The van der Waals surface area contributed by atoms with Crippen LogP contribution in [0, 0.1) is 11.8 Å². The molecule has 2 N–H and O–H groups in total. The molecular weight excluding hydrogens is 431 g/mol. The molecule has 0 atom stereocenters. The first-order chi connectivity index (χ1) is 11.2. The molecule has 1 aromatic heterocycles. The van der Waals surface area contributed by atoms with Crippen LogP contribution in [0.25, 0.3) is 0 Å². The maximum atomic E-state index is 4.65. The van der Waals surface area contributed by atoms with Gasteiger partial charge in [0.2, 0.25) is 0 Å². The second-order valence-corrected chi connectivity index (χ2v) is 7.83. The van der Waals surface area contributed by atoms with Gasteiger partial charge in [0, 0.05) is 31.1 Å². The van der Waals surface area contributed by atoms with Crippen molar-refractivity contribution in [2.75, 3.05) is 32.7 Å². The molecule has 1 fully saturated rings. The molecule has 6 heteroatoms. The third kappa shape index (κ3) is 8.16. The molecule has 2 heterocycles. The van der Waals surface area contributed by atoms with Gasteiger partial charge < -0.3 is 10.6 Å². The maximum absolute atomic E-state index is 4.65. The van der Waals surface area contributed by atoms with Crippen LogP contribution in [0.4, 0.5) is 0 Å². The fraction of sp³-hybridized carbons (Fsp3) is 0.722. The van der Waals surface area contributed by atoms with Crippen LogP contribution in [0.5, 0.6) is 0 Å². The van der Waals surface area contributed by atoms with Crippen LogP contribution in [0.2, 0.25) is 0 Å². The molecule has 24 heavy (non-hydrogen) atoms. The normalized spacial score (nSPS) is 16.9. The third-order valence-corrected chi connectivity index (χ3v) is 5.04. The lowest BCUT2D eigenvalue weighted by atomic mass is 9.97. The SMILES string of the molecule is CCNC(=NCC(C)C)NCC1CCN(Cc2cccs2)CC1.I. The number of thiophene rings is 1. The van der Waals surface area contributed by atoms with Crippen molar-refractivity contribution in [2.24, 2.45) is 16.8 Å². The molecule has 4 nitrogen and oxygen atoms in total. The quantitative estimate of drug-likeness (QED) is 0.367. The van der Waals surface area contributed by atoms with E-state index < -0.39 is 0 Å². The zero-order valence-electron chi connectivity index (χ0n) is 15.3. The van der Waals surface area contributed by atoms with E-state index >= 15 is 0 Å². The summed E-state index contributed by atoms with van der Waals surface area (Å²) in [5, 5.41) is 9.05. The highest BCUT2D eigenvalue weighted by Gasteiger charge is 2.19. The summed E-state index contributed by atoms with van der Waals surface area (Å²) in [6.45, 7) is 12.9. The number of hydrogen-bond acceptors (Lipinski definition) is 3. The van der Waals surface area contributed by atoms with E-state index in [9.17, 15) is 0 Å². The number of halogens is 1. The number of hydrogen-bond donors (Lipinski definition) is 2. The van der Waals surface area contributed by atoms with Crippen molar-refractivity contribution in [2.45, 2.75) is 40.2 Å². The Morgan fingerprint density at radius 2 is 2.08 bits per heavy atom. The van der Waals surface area contributed by atoms with Crippen LogP contribution in [0.3, 0.4) is 0 Å². The van der Waals surface area contributed by atoms with E-state index in [2.05, 4.69) is 58.8 Å². The molecule has 1 aliphatic heterocycles. The standard InChI is InChI=1S/C18H32N4S.HI/c1-4-19-18(20-12-15(2)3)21-13-16-7-9-22(10-8-16)14-17-6-5-11-23-17;/h5-6,11,15-16H,4,7-10,12-14H2,1-3H3,(H2,19,20,21);1H. The Kier molecular flexibility index (Phi) is 10.9. The van der Waals surface area contributed by atoms with Crippen LogP contribution < -0.4 is 10.6 Å². The van der Waals surface area contributed by atoms with E-state index in [0.717, 1.165) is 38.1 Å². The summed E-state index contributed by atoms with van der Waals surface area (Å²) in [5.41, 5.74) is 0. The molecule has 1 saturated heterocycles. The number of guanidine groups is 1. The van der Waals surface area contributed by atoms with Crippen molar-refractivity contribution < 1.29 is 0 Å². The highest BCUT2D eigenvalue weighted by atomic mass is 127. The summed E-state index contributed by atoms with van der Waals surface area (Å²) in [6, 6.07) is 4.39. The fourth-order valence-electron chi connectivity index (χ4n) is 2.83. The average molecular weight is 464 g/mol. The minimum Gasteiger partial charge on any atom is -0.357 e. The Hall–Kier alpha value is -0.340. The van der Waals surface area contributed by atoms with Gasteiger partial charge in [0.05, 0.1) is 0 Å². The molecule has 0 aliphatic carbocycles. The largest absolute Gasteiger partial charge is 0.357 e. The maximum Gasteiger partial charge on any atom is 0.191 e. The number of nitrogens with zero attached hydrogens (tertiary/aromatic N) is 2. The Balaban J connectivity index is 0.00000288. The molecule has 0 amide bonds. The van der Waals surface area contributed by atoms with E-state index in [0.29, 0.717) is 5.92 Å². The predicted molar refractivity (Wildman–Crippen MR) is 117 cm³/mol. The number of likely N-dealkylation sites (tertiary alicyclic amines) is 1. The Morgan fingerprint density at radius 3 is 2.67 bits per heavy atom. The highest BCUT2D eigenvalue weighted by molar-refractivity contribution is 14.0. The Bertz CT molecular complexity index is 454. The first kappa shape index (κ1) is 21.7. The lowest BCUT2D eigenvalue weighted by molar-refractivity contribution is 0.179. The third-order valence-electron chi connectivity index (χ3n) is 4.18. The van der Waals surface area contributed by atoms with Crippen LogP contribution in [-0.2, 0) is 6.54 Å². The summed E-state index contributed by atoms with van der Waals surface area (Å²) in [7, 11) is 0. The van der Waals surface area contributed by atoms with Gasteiger partial charge in [-0.05, 0) is 56.1 Å². The van der Waals surface area contributed by atoms with Crippen molar-refractivity contribution in [3.05, 3.63) is 22.4 Å². The van der Waals surface area contributed by atoms with Gasteiger partial charge in [0.1, 0.15) is 0 Å². The van der Waals surface area contributed by atoms with Crippen molar-refractivity contribution in [3.8, 4) is 0 Å². The fourth-order valence-corrected chi connectivity index (χ4v) is 3.57. The van der Waals surface area contributed by atoms with Crippen molar-refractivity contribution in [1.82, 2.24) is 15.5 Å². The van der Waals surface area contributed by atoms with Gasteiger partial charge in [0.25, 0.3) is 0 Å². The van der Waals surface area contributed by atoms with Crippen molar-refractivity contribution in [3.63, 3.8) is 0 Å². The Labute approximate surface area is 168 Å². The average Bonchev–Trinajstić information content (AvgIpc) is 3.04. The number of rotatable bonds is 7. The summed E-state index contributed by atoms with van der Waals surface area (Å²) in [4.78, 5) is 8.71. The molecule has 138 valence electrons. The summed E-state index contributed by atoms with van der Waals surface area (Å²) in [5.74, 6) is 2.34. The molecule has 0 aromatic carbocycles. The molecule has 0 bridgehead atoms. The minimum atomic E-state index is 0. The monoisotopic (exact) mass is 464 g/mol. The molecule has 0 radical (unpaired) electrons. The van der Waals surface area contributed by atoms with Crippen LogP contribution in [0.15, 0.2) is 22.5 Å². The minimum absolute atomic E-state index is 0. The Morgan fingerprint density at radius 1 is 1.33 bits per heavy atom. The van der Waals surface area contributed by atoms with Gasteiger partial charge >= 0.3 is 0 Å². The molecule has 0 saturated carbocycles. The van der Waals surface area contributed by atoms with Crippen LogP contribution >= 0.6 is 35.3 Å². The smallest absolute Gasteiger partial charge is 0.191 e. The van der Waals surface area contributed by atoms with E-state index in [1.807, 2.05) is 11.3 Å². The molecule has 0 unspecified atom stereocenters. The second-order valence-electron chi connectivity index (χ2n) is 6.79. The first-order valence-electron chi connectivity index (χ1n) is 8.94. The summed E-state index contributed by atoms with van der Waals surface area (Å²) in [6.07, 6.45) is 2.56. The van der Waals surface area contributed by atoms with E-state index in [1.165, 1.54) is 30.8 Å². The summed E-state index contributed by atoms with van der Waals surface area (Å²) < 4.78 is 0. The van der Waals surface area contributed by atoms with E-state index in [4.69, 9.17) is 0 Å². The predicted octanol–water partition coefficient (Wildman–Crippen LogP) is 3.79. The van der Waals surface area contributed by atoms with Crippen LogP contribution in [-0.4, -0.2) is 43.6 Å². The number of piperidine rings is 1. The number of nitrogens with one attached hydrogen (secondary N) is 2. The second kappa shape index (κ2) is 12.1. The van der Waals surface area contributed by atoms with Crippen molar-refractivity contribution in [1.29, 1.82) is 0 Å². The first-order valence-corrected chi connectivity index (χ1v) is 9.82. The van der Waals surface area contributed by atoms with Crippen LogP contribution in [0.1, 0.15) is 38.5 Å². The topological polar surface area (TPSA) is 39.7 Å². The van der Waals surface area contributed by atoms with E-state index in [-0.39, 0.29) is 24.0 Å². The lowest BCUT2D eigenvalue weighted by Crippen LogP contribution is -2.42. The molecule has 2 rings (SSSR count). The molecule has 1 aromatic rings. The van der Waals surface area contributed by atoms with Gasteiger partial charge in [-0.2, -0.15) is 0 Å². The van der Waals surface area contributed by atoms with Gasteiger partial charge in [-0.1, -0.05) is 19.9 Å². The van der Waals surface area contributed by atoms with Gasteiger partial charge in [-0.25, -0.2) is 0 Å². The molecular formula is C18H33IN4S.